The highest BCUT2D eigenvalue weighted by atomic mass is 32.2. The van der Waals surface area contributed by atoms with Gasteiger partial charge in [-0.2, -0.15) is 0 Å². The summed E-state index contributed by atoms with van der Waals surface area (Å²) in [6, 6.07) is 14.5. The molecular weight excluding hydrogens is 366 g/mol. The van der Waals surface area contributed by atoms with Gasteiger partial charge in [0.1, 0.15) is 5.69 Å². The van der Waals surface area contributed by atoms with E-state index in [9.17, 15) is 18.5 Å². The van der Waals surface area contributed by atoms with Crippen LogP contribution in [-0.2, 0) is 16.3 Å². The molecule has 0 aromatic heterocycles. The van der Waals surface area contributed by atoms with Gasteiger partial charge in [0.15, 0.2) is 9.84 Å². The Bertz CT molecular complexity index is 908. The van der Waals surface area contributed by atoms with Crippen molar-refractivity contribution in [3.8, 4) is 0 Å². The Morgan fingerprint density at radius 3 is 2.30 bits per heavy atom. The van der Waals surface area contributed by atoms with E-state index in [1.807, 2.05) is 23.1 Å². The van der Waals surface area contributed by atoms with E-state index >= 15 is 0 Å². The summed E-state index contributed by atoms with van der Waals surface area (Å²) >= 11 is 0. The van der Waals surface area contributed by atoms with E-state index in [0.29, 0.717) is 18.8 Å². The van der Waals surface area contributed by atoms with Crippen LogP contribution in [0.3, 0.4) is 0 Å². The molecule has 0 aliphatic carbocycles. The van der Waals surface area contributed by atoms with Crippen LogP contribution >= 0.6 is 0 Å². The number of nitrogens with zero attached hydrogens (tertiary/aromatic N) is 3. The van der Waals surface area contributed by atoms with Crippen LogP contribution in [0.15, 0.2) is 53.4 Å². The number of benzene rings is 2. The lowest BCUT2D eigenvalue weighted by Crippen LogP contribution is -2.47. The molecule has 7 nitrogen and oxygen atoms in total. The lowest BCUT2D eigenvalue weighted by atomic mass is 10.1. The summed E-state index contributed by atoms with van der Waals surface area (Å²) in [5.74, 6) is 0. The topological polar surface area (TPSA) is 83.8 Å². The van der Waals surface area contributed by atoms with Crippen molar-refractivity contribution in [2.45, 2.75) is 11.3 Å². The highest BCUT2D eigenvalue weighted by Crippen LogP contribution is 2.31. The number of piperazine rings is 1. The summed E-state index contributed by atoms with van der Waals surface area (Å²) in [5.41, 5.74) is 1.62. The Morgan fingerprint density at radius 2 is 1.70 bits per heavy atom. The standard InChI is InChI=1S/C19H23N3O4S/c1-27(25,26)17-7-8-18(19(15-17)22(23)24)21-13-11-20(12-14-21)10-9-16-5-3-2-4-6-16/h2-8,15H,9-14H2,1H3. The Hall–Kier alpha value is -2.45. The fourth-order valence-corrected chi connectivity index (χ4v) is 3.93. The molecule has 0 unspecified atom stereocenters. The van der Waals surface area contributed by atoms with Crippen LogP contribution < -0.4 is 4.90 Å². The van der Waals surface area contributed by atoms with Gasteiger partial charge in [0.25, 0.3) is 5.69 Å². The van der Waals surface area contributed by atoms with Crippen LogP contribution in [0.5, 0.6) is 0 Å². The zero-order valence-corrected chi connectivity index (χ0v) is 16.1. The van der Waals surface area contributed by atoms with Gasteiger partial charge in [-0.15, -0.1) is 0 Å². The molecule has 1 saturated heterocycles. The maximum absolute atomic E-state index is 11.7. The normalized spacial score (nSPS) is 15.7. The van der Waals surface area contributed by atoms with Crippen LogP contribution in [0.4, 0.5) is 11.4 Å². The highest BCUT2D eigenvalue weighted by molar-refractivity contribution is 7.90. The third-order valence-electron chi connectivity index (χ3n) is 4.84. The molecular formula is C19H23N3O4S. The lowest BCUT2D eigenvalue weighted by Gasteiger charge is -2.35. The van der Waals surface area contributed by atoms with Crippen molar-refractivity contribution < 1.29 is 13.3 Å². The number of nitro groups is 1. The summed E-state index contributed by atoms with van der Waals surface area (Å²) in [7, 11) is -3.48. The lowest BCUT2D eigenvalue weighted by molar-refractivity contribution is -0.384. The van der Waals surface area contributed by atoms with E-state index in [0.717, 1.165) is 38.4 Å². The van der Waals surface area contributed by atoms with Gasteiger partial charge in [-0.1, -0.05) is 30.3 Å². The number of anilines is 1. The van der Waals surface area contributed by atoms with E-state index in [-0.39, 0.29) is 10.6 Å². The second kappa shape index (κ2) is 8.06. The predicted molar refractivity (Wildman–Crippen MR) is 105 cm³/mol. The van der Waals surface area contributed by atoms with Gasteiger partial charge >= 0.3 is 0 Å². The number of rotatable bonds is 6. The van der Waals surface area contributed by atoms with Crippen LogP contribution in [0.25, 0.3) is 0 Å². The Kier molecular flexibility index (Phi) is 5.76. The summed E-state index contributed by atoms with van der Waals surface area (Å²) in [6.45, 7) is 3.93. The number of nitro benzene ring substituents is 1. The number of sulfone groups is 1. The largest absolute Gasteiger partial charge is 0.363 e. The quantitative estimate of drug-likeness (QED) is 0.557. The molecule has 1 fully saturated rings. The van der Waals surface area contributed by atoms with Crippen molar-refractivity contribution in [2.24, 2.45) is 0 Å². The van der Waals surface area contributed by atoms with E-state index in [1.165, 1.54) is 11.6 Å². The SMILES string of the molecule is CS(=O)(=O)c1ccc(N2CCN(CCc3ccccc3)CC2)c([N+](=O)[O-])c1. The molecule has 0 atom stereocenters. The number of hydrogen-bond acceptors (Lipinski definition) is 6. The Labute approximate surface area is 159 Å². The zero-order valence-electron chi connectivity index (χ0n) is 15.2. The molecule has 0 spiro atoms. The molecule has 144 valence electrons. The maximum Gasteiger partial charge on any atom is 0.293 e. The predicted octanol–water partition coefficient (Wildman–Crippen LogP) is 2.36. The molecule has 0 amide bonds. The van der Waals surface area contributed by atoms with Crippen LogP contribution in [0.1, 0.15) is 5.56 Å². The van der Waals surface area contributed by atoms with Gasteiger partial charge in [-0.3, -0.25) is 15.0 Å². The molecule has 1 heterocycles. The molecule has 0 N–H and O–H groups in total. The smallest absolute Gasteiger partial charge is 0.293 e. The second-order valence-electron chi connectivity index (χ2n) is 6.74. The van der Waals surface area contributed by atoms with Crippen molar-refractivity contribution in [1.82, 2.24) is 4.90 Å². The van der Waals surface area contributed by atoms with Crippen molar-refractivity contribution in [3.05, 3.63) is 64.2 Å². The van der Waals surface area contributed by atoms with Gasteiger partial charge in [-0.05, 0) is 24.1 Å². The highest BCUT2D eigenvalue weighted by Gasteiger charge is 2.25. The average Bonchev–Trinajstić information content (AvgIpc) is 2.66. The minimum absolute atomic E-state index is 0.0283. The molecule has 1 aliphatic rings. The first-order valence-corrected chi connectivity index (χ1v) is 10.7. The van der Waals surface area contributed by atoms with Crippen LogP contribution in [-0.4, -0.2) is 57.2 Å². The first-order valence-electron chi connectivity index (χ1n) is 8.84. The molecule has 1 aliphatic heterocycles. The second-order valence-corrected chi connectivity index (χ2v) is 8.76. The fraction of sp³-hybridized carbons (Fsp3) is 0.368. The van der Waals surface area contributed by atoms with Gasteiger partial charge < -0.3 is 4.90 Å². The third-order valence-corrected chi connectivity index (χ3v) is 5.95. The van der Waals surface area contributed by atoms with E-state index in [2.05, 4.69) is 17.0 Å². The van der Waals surface area contributed by atoms with E-state index < -0.39 is 14.8 Å². The van der Waals surface area contributed by atoms with Gasteiger partial charge in [0, 0.05) is 45.0 Å². The number of hydrogen-bond donors (Lipinski definition) is 0. The molecule has 2 aromatic carbocycles. The third kappa shape index (κ3) is 4.84. The Morgan fingerprint density at radius 1 is 1.04 bits per heavy atom. The van der Waals surface area contributed by atoms with Crippen molar-refractivity contribution in [3.63, 3.8) is 0 Å². The summed E-state index contributed by atoms with van der Waals surface area (Å²) in [5, 5.41) is 11.4. The first kappa shape index (κ1) is 19.3. The maximum atomic E-state index is 11.7. The molecule has 0 radical (unpaired) electrons. The van der Waals surface area contributed by atoms with Crippen molar-refractivity contribution >= 4 is 21.2 Å². The van der Waals surface area contributed by atoms with Crippen molar-refractivity contribution in [2.75, 3.05) is 43.9 Å². The average molecular weight is 389 g/mol. The molecule has 8 heteroatoms. The minimum atomic E-state index is -3.48. The first-order chi connectivity index (χ1) is 12.8. The molecule has 0 bridgehead atoms. The summed E-state index contributed by atoms with van der Waals surface area (Å²) in [6.07, 6.45) is 2.03. The molecule has 27 heavy (non-hydrogen) atoms. The fourth-order valence-electron chi connectivity index (χ4n) is 3.29. The molecule has 0 saturated carbocycles. The molecule has 2 aromatic rings. The van der Waals surface area contributed by atoms with Gasteiger partial charge in [0.05, 0.1) is 9.82 Å². The van der Waals surface area contributed by atoms with Crippen molar-refractivity contribution in [1.29, 1.82) is 0 Å². The summed E-state index contributed by atoms with van der Waals surface area (Å²) in [4.78, 5) is 15.2. The zero-order chi connectivity index (χ0) is 19.4. The van der Waals surface area contributed by atoms with E-state index in [1.54, 1.807) is 6.07 Å². The van der Waals surface area contributed by atoms with Gasteiger partial charge in [-0.25, -0.2) is 8.42 Å². The van der Waals surface area contributed by atoms with Crippen LogP contribution in [0, 0.1) is 10.1 Å². The molecule has 3 rings (SSSR count). The monoisotopic (exact) mass is 389 g/mol. The Balaban J connectivity index is 1.66. The minimum Gasteiger partial charge on any atom is -0.363 e. The van der Waals surface area contributed by atoms with E-state index in [4.69, 9.17) is 0 Å². The van der Waals surface area contributed by atoms with Gasteiger partial charge in [0.2, 0.25) is 0 Å². The summed E-state index contributed by atoms with van der Waals surface area (Å²) < 4.78 is 23.4. The van der Waals surface area contributed by atoms with Crippen LogP contribution in [0.2, 0.25) is 0 Å².